The highest BCUT2D eigenvalue weighted by atomic mass is 79.9. The van der Waals surface area contributed by atoms with E-state index < -0.39 is 11.8 Å². The zero-order chi connectivity index (χ0) is 22.4. The lowest BCUT2D eigenvalue weighted by atomic mass is 10.0. The van der Waals surface area contributed by atoms with E-state index in [9.17, 15) is 9.59 Å². The van der Waals surface area contributed by atoms with Crippen molar-refractivity contribution in [2.45, 2.75) is 46.2 Å². The van der Waals surface area contributed by atoms with Crippen LogP contribution in [0.3, 0.4) is 0 Å². The van der Waals surface area contributed by atoms with Gasteiger partial charge in [-0.15, -0.1) is 0 Å². The summed E-state index contributed by atoms with van der Waals surface area (Å²) in [6.07, 6.45) is 0.531. The second kappa shape index (κ2) is 10.8. The van der Waals surface area contributed by atoms with E-state index in [4.69, 9.17) is 16.3 Å². The molecule has 0 saturated heterocycles. The zero-order valence-corrected chi connectivity index (χ0v) is 20.3. The lowest BCUT2D eigenvalue weighted by Crippen LogP contribution is -2.49. The Hall–Kier alpha value is -2.05. The molecule has 2 amide bonds. The van der Waals surface area contributed by atoms with E-state index in [0.29, 0.717) is 18.0 Å². The Morgan fingerprint density at radius 1 is 1.07 bits per heavy atom. The van der Waals surface area contributed by atoms with Crippen LogP contribution in [0.1, 0.15) is 33.3 Å². The van der Waals surface area contributed by atoms with Crippen molar-refractivity contribution >= 4 is 39.3 Å². The van der Waals surface area contributed by atoms with Gasteiger partial charge in [-0.1, -0.05) is 23.7 Å². The maximum Gasteiger partial charge on any atom is 0.312 e. The number of halogens is 2. The maximum absolute atomic E-state index is 12.5. The van der Waals surface area contributed by atoms with Crippen molar-refractivity contribution in [3.8, 4) is 16.9 Å². The third-order valence-corrected chi connectivity index (χ3v) is 5.99. The summed E-state index contributed by atoms with van der Waals surface area (Å²) in [6.45, 7) is 7.92. The highest BCUT2D eigenvalue weighted by Crippen LogP contribution is 2.31. The summed E-state index contributed by atoms with van der Waals surface area (Å²) < 4.78 is 6.30. The van der Waals surface area contributed by atoms with Gasteiger partial charge in [-0.3, -0.25) is 9.59 Å². The van der Waals surface area contributed by atoms with Crippen LogP contribution in [0.5, 0.6) is 5.75 Å². The van der Waals surface area contributed by atoms with E-state index >= 15 is 0 Å². The summed E-state index contributed by atoms with van der Waals surface area (Å²) in [4.78, 5) is 26.4. The summed E-state index contributed by atoms with van der Waals surface area (Å²) >= 11 is 9.63. The minimum Gasteiger partial charge on any atom is -0.496 e. The molecule has 0 radical (unpaired) electrons. The fraction of sp³-hybridized carbons (Fsp3) is 0.391. The first-order valence-electron chi connectivity index (χ1n) is 9.88. The molecule has 0 aliphatic rings. The number of amides is 2. The smallest absolute Gasteiger partial charge is 0.312 e. The normalized spacial score (nSPS) is 11.0. The Balaban J connectivity index is 2.11. The molecule has 0 bridgehead atoms. The van der Waals surface area contributed by atoms with Crippen molar-refractivity contribution in [1.82, 2.24) is 10.2 Å². The highest BCUT2D eigenvalue weighted by Gasteiger charge is 2.26. The topological polar surface area (TPSA) is 58.6 Å². The van der Waals surface area contributed by atoms with Crippen LogP contribution in [-0.4, -0.2) is 42.5 Å². The van der Waals surface area contributed by atoms with E-state index in [2.05, 4.69) is 21.2 Å². The number of rotatable bonds is 7. The van der Waals surface area contributed by atoms with Crippen molar-refractivity contribution < 1.29 is 14.3 Å². The molecule has 2 aromatic carbocycles. The number of benzene rings is 2. The van der Waals surface area contributed by atoms with Crippen LogP contribution in [0.15, 0.2) is 40.9 Å². The average Bonchev–Trinajstić information content (AvgIpc) is 2.69. The monoisotopic (exact) mass is 494 g/mol. The van der Waals surface area contributed by atoms with Gasteiger partial charge in [0.2, 0.25) is 0 Å². The van der Waals surface area contributed by atoms with Gasteiger partial charge in [0.25, 0.3) is 0 Å². The van der Waals surface area contributed by atoms with Gasteiger partial charge in [0, 0.05) is 23.1 Å². The van der Waals surface area contributed by atoms with Crippen LogP contribution in [0.4, 0.5) is 0 Å². The summed E-state index contributed by atoms with van der Waals surface area (Å²) in [5.41, 5.74) is 2.91. The van der Waals surface area contributed by atoms with Crippen molar-refractivity contribution in [3.63, 3.8) is 0 Å². The molecular weight excluding hydrogens is 468 g/mol. The first kappa shape index (κ1) is 24.2. The lowest BCUT2D eigenvalue weighted by Gasteiger charge is -2.30. The molecule has 30 heavy (non-hydrogen) atoms. The van der Waals surface area contributed by atoms with Gasteiger partial charge in [-0.2, -0.15) is 0 Å². The molecule has 162 valence electrons. The third kappa shape index (κ3) is 5.99. The first-order chi connectivity index (χ1) is 14.1. The van der Waals surface area contributed by atoms with Crippen molar-refractivity contribution in [1.29, 1.82) is 0 Å². The molecule has 2 aromatic rings. The Labute approximate surface area is 191 Å². The van der Waals surface area contributed by atoms with Gasteiger partial charge in [0.1, 0.15) is 5.75 Å². The maximum atomic E-state index is 12.5. The molecular formula is C23H28BrClN2O3. The molecule has 0 aromatic heterocycles. The summed E-state index contributed by atoms with van der Waals surface area (Å²) in [5.74, 6) is -0.369. The van der Waals surface area contributed by atoms with E-state index in [-0.39, 0.29) is 12.1 Å². The van der Waals surface area contributed by atoms with E-state index in [1.54, 1.807) is 12.0 Å². The minimum absolute atomic E-state index is 0.0437. The first-order valence-corrected chi connectivity index (χ1v) is 11.1. The van der Waals surface area contributed by atoms with E-state index in [0.717, 1.165) is 26.9 Å². The lowest BCUT2D eigenvalue weighted by molar-refractivity contribution is -0.148. The van der Waals surface area contributed by atoms with E-state index in [1.807, 2.05) is 64.1 Å². The standard InChI is InChI=1S/C23H28BrClN2O3/c1-14(2)27(15(3)4)23(29)22(28)26-11-10-18-12-16(7-9-21(18)30-5)17-6-8-19(24)20(25)13-17/h6-9,12-15H,10-11H2,1-5H3,(H,26,28). The predicted molar refractivity (Wildman–Crippen MR) is 125 cm³/mol. The second-order valence-corrected chi connectivity index (χ2v) is 8.82. The van der Waals surface area contributed by atoms with Gasteiger partial charge in [-0.25, -0.2) is 0 Å². The van der Waals surface area contributed by atoms with Crippen molar-refractivity contribution in [2.75, 3.05) is 13.7 Å². The van der Waals surface area contributed by atoms with Gasteiger partial charge in [-0.05, 0) is 91.0 Å². The molecule has 0 heterocycles. The molecule has 1 N–H and O–H groups in total. The number of carbonyl (C=O) groups is 2. The molecule has 0 saturated carbocycles. The fourth-order valence-corrected chi connectivity index (χ4v) is 3.83. The molecule has 0 unspecified atom stereocenters. The number of hydrogen-bond acceptors (Lipinski definition) is 3. The van der Waals surface area contributed by atoms with Crippen LogP contribution in [-0.2, 0) is 16.0 Å². The highest BCUT2D eigenvalue weighted by molar-refractivity contribution is 9.10. The molecule has 0 fully saturated rings. The Kier molecular flexibility index (Phi) is 8.74. The molecule has 0 atom stereocenters. The van der Waals surface area contributed by atoms with Crippen molar-refractivity contribution in [2.24, 2.45) is 0 Å². The van der Waals surface area contributed by atoms with Crippen LogP contribution in [0.2, 0.25) is 5.02 Å². The van der Waals surface area contributed by atoms with Crippen LogP contribution in [0.25, 0.3) is 11.1 Å². The average molecular weight is 496 g/mol. The number of carbonyl (C=O) groups excluding carboxylic acids is 2. The molecule has 0 spiro atoms. The predicted octanol–water partition coefficient (Wildman–Crippen LogP) is 5.08. The Morgan fingerprint density at radius 3 is 2.23 bits per heavy atom. The zero-order valence-electron chi connectivity index (χ0n) is 18.0. The largest absolute Gasteiger partial charge is 0.496 e. The third-order valence-electron chi connectivity index (χ3n) is 4.75. The van der Waals surface area contributed by atoms with Gasteiger partial charge < -0.3 is 15.0 Å². The second-order valence-electron chi connectivity index (χ2n) is 7.56. The Bertz CT molecular complexity index is 907. The van der Waals surface area contributed by atoms with Gasteiger partial charge in [0.15, 0.2) is 0 Å². The number of methoxy groups -OCH3 is 1. The minimum atomic E-state index is -0.591. The molecule has 0 aliphatic heterocycles. The number of nitrogens with one attached hydrogen (secondary N) is 1. The van der Waals surface area contributed by atoms with Crippen LogP contribution in [0, 0.1) is 0 Å². The number of ether oxygens (including phenoxy) is 1. The van der Waals surface area contributed by atoms with Gasteiger partial charge in [0.05, 0.1) is 12.1 Å². The summed E-state index contributed by atoms with van der Waals surface area (Å²) in [5, 5.41) is 3.37. The molecule has 2 rings (SSSR count). The molecule has 0 aliphatic carbocycles. The SMILES string of the molecule is COc1ccc(-c2ccc(Br)c(Cl)c2)cc1CCNC(=O)C(=O)N(C(C)C)C(C)C. The fourth-order valence-electron chi connectivity index (χ4n) is 3.40. The van der Waals surface area contributed by atoms with Crippen LogP contribution < -0.4 is 10.1 Å². The summed E-state index contributed by atoms with van der Waals surface area (Å²) in [6, 6.07) is 11.6. The summed E-state index contributed by atoms with van der Waals surface area (Å²) in [7, 11) is 1.61. The van der Waals surface area contributed by atoms with Crippen molar-refractivity contribution in [3.05, 3.63) is 51.5 Å². The van der Waals surface area contributed by atoms with Gasteiger partial charge >= 0.3 is 11.8 Å². The Morgan fingerprint density at radius 2 is 1.67 bits per heavy atom. The van der Waals surface area contributed by atoms with Crippen LogP contribution >= 0.6 is 27.5 Å². The number of hydrogen-bond donors (Lipinski definition) is 1. The molecule has 7 heteroatoms. The quantitative estimate of drug-likeness (QED) is 0.545. The number of nitrogens with zero attached hydrogens (tertiary/aromatic N) is 1. The molecule has 5 nitrogen and oxygen atoms in total. The van der Waals surface area contributed by atoms with E-state index in [1.165, 1.54) is 0 Å².